The smallest absolute Gasteiger partial charge is 0.271 e. The molecule has 0 heterocycles. The number of carbonyl (C=O) groups excluding carboxylic acids is 1. The van der Waals surface area contributed by atoms with Crippen LogP contribution in [0.5, 0.6) is 0 Å². The van der Waals surface area contributed by atoms with Crippen LogP contribution in [0.3, 0.4) is 0 Å². The van der Waals surface area contributed by atoms with E-state index < -0.39 is 39.0 Å². The Bertz CT molecular complexity index is 1260. The maximum atomic E-state index is 13.4. The van der Waals surface area contributed by atoms with E-state index in [0.717, 1.165) is 46.8 Å². The summed E-state index contributed by atoms with van der Waals surface area (Å²) >= 11 is 0. The predicted octanol–water partition coefficient (Wildman–Crippen LogP) is 4.02. The Kier molecular flexibility index (Phi) is 6.49. The minimum atomic E-state index is -4.33. The summed E-state index contributed by atoms with van der Waals surface area (Å²) in [7, 11) is -4.33. The number of non-ortho nitro benzene ring substituents is 1. The molecule has 0 bridgehead atoms. The van der Waals surface area contributed by atoms with E-state index >= 15 is 0 Å². The zero-order valence-corrected chi connectivity index (χ0v) is 17.5. The van der Waals surface area contributed by atoms with E-state index in [9.17, 15) is 32.1 Å². The van der Waals surface area contributed by atoms with Crippen molar-refractivity contribution < 1.29 is 26.9 Å². The minimum Gasteiger partial charge on any atom is -0.324 e. The van der Waals surface area contributed by atoms with Gasteiger partial charge >= 0.3 is 0 Å². The van der Waals surface area contributed by atoms with Crippen LogP contribution in [-0.4, -0.2) is 25.8 Å². The summed E-state index contributed by atoms with van der Waals surface area (Å²) in [4.78, 5) is 22.8. The Morgan fingerprint density at radius 2 is 1.56 bits per heavy atom. The van der Waals surface area contributed by atoms with Crippen LogP contribution in [0.25, 0.3) is 0 Å². The van der Waals surface area contributed by atoms with Gasteiger partial charge in [0.1, 0.15) is 18.2 Å². The zero-order chi connectivity index (χ0) is 23.5. The quantitative estimate of drug-likeness (QED) is 0.422. The number of hydrogen-bond acceptors (Lipinski definition) is 5. The lowest BCUT2D eigenvalue weighted by Gasteiger charge is -2.24. The lowest BCUT2D eigenvalue weighted by molar-refractivity contribution is -0.384. The van der Waals surface area contributed by atoms with Crippen LogP contribution in [-0.2, 0) is 14.8 Å². The summed E-state index contributed by atoms with van der Waals surface area (Å²) in [5.74, 6) is -2.04. The second kappa shape index (κ2) is 9.10. The molecule has 3 aromatic carbocycles. The molecular weight excluding hydrogens is 444 g/mol. The van der Waals surface area contributed by atoms with Crippen molar-refractivity contribution in [2.24, 2.45) is 0 Å². The number of carbonyl (C=O) groups is 1. The van der Waals surface area contributed by atoms with E-state index in [1.165, 1.54) is 24.3 Å². The molecule has 0 aliphatic heterocycles. The summed E-state index contributed by atoms with van der Waals surface area (Å²) < 4.78 is 53.7. The van der Waals surface area contributed by atoms with Crippen molar-refractivity contribution in [2.75, 3.05) is 16.2 Å². The van der Waals surface area contributed by atoms with E-state index in [1.807, 2.05) is 0 Å². The standard InChI is InChI=1S/C21H17F2N3O5S/c1-14-2-7-18(26(28)29)12-20(14)24-21(27)13-25(17-8-3-15(22)4-9-17)32(30,31)19-10-5-16(23)6-11-19/h2-12H,13H2,1H3,(H,24,27). The molecule has 0 aliphatic rings. The van der Waals surface area contributed by atoms with Gasteiger partial charge in [0.25, 0.3) is 15.7 Å². The molecule has 0 spiro atoms. The van der Waals surface area contributed by atoms with Gasteiger partial charge in [-0.05, 0) is 61.0 Å². The third-order valence-corrected chi connectivity index (χ3v) is 6.30. The van der Waals surface area contributed by atoms with Gasteiger partial charge in [0.05, 0.1) is 21.2 Å². The van der Waals surface area contributed by atoms with Crippen molar-refractivity contribution in [3.63, 3.8) is 0 Å². The summed E-state index contributed by atoms with van der Waals surface area (Å²) in [6.45, 7) is 0.903. The number of sulfonamides is 1. The van der Waals surface area contributed by atoms with Crippen LogP contribution in [0.2, 0.25) is 0 Å². The van der Waals surface area contributed by atoms with E-state index in [2.05, 4.69) is 5.32 Å². The molecule has 1 N–H and O–H groups in total. The zero-order valence-electron chi connectivity index (χ0n) is 16.7. The molecule has 3 rings (SSSR count). The number of aryl methyl sites for hydroxylation is 1. The fourth-order valence-electron chi connectivity index (χ4n) is 2.83. The lowest BCUT2D eigenvalue weighted by Crippen LogP contribution is -2.38. The van der Waals surface area contributed by atoms with Crippen LogP contribution in [0, 0.1) is 28.7 Å². The molecular formula is C21H17F2N3O5S. The van der Waals surface area contributed by atoms with Gasteiger partial charge in [-0.1, -0.05) is 6.07 Å². The number of anilines is 2. The van der Waals surface area contributed by atoms with Gasteiger partial charge in [0.15, 0.2) is 0 Å². The van der Waals surface area contributed by atoms with Crippen molar-refractivity contribution in [3.05, 3.63) is 94.0 Å². The molecule has 0 fully saturated rings. The molecule has 0 radical (unpaired) electrons. The molecule has 166 valence electrons. The fraction of sp³-hybridized carbons (Fsp3) is 0.0952. The highest BCUT2D eigenvalue weighted by Crippen LogP contribution is 2.25. The molecule has 0 atom stereocenters. The number of amides is 1. The molecule has 8 nitrogen and oxygen atoms in total. The molecule has 32 heavy (non-hydrogen) atoms. The Morgan fingerprint density at radius 1 is 1.00 bits per heavy atom. The molecule has 1 amide bonds. The number of nitro groups is 1. The average Bonchev–Trinajstić information content (AvgIpc) is 2.74. The van der Waals surface area contributed by atoms with Gasteiger partial charge in [-0.2, -0.15) is 0 Å². The number of rotatable bonds is 7. The van der Waals surface area contributed by atoms with Gasteiger partial charge in [0, 0.05) is 12.1 Å². The first-order chi connectivity index (χ1) is 15.1. The summed E-state index contributed by atoms with van der Waals surface area (Å²) in [5, 5.41) is 13.5. The average molecular weight is 461 g/mol. The molecule has 0 saturated carbocycles. The Labute approximate surface area is 182 Å². The second-order valence-corrected chi connectivity index (χ2v) is 8.61. The number of hydrogen-bond donors (Lipinski definition) is 1. The molecule has 3 aromatic rings. The Hall–Kier alpha value is -3.86. The van der Waals surface area contributed by atoms with Crippen molar-refractivity contribution >= 4 is 33.0 Å². The van der Waals surface area contributed by atoms with Crippen LogP contribution >= 0.6 is 0 Å². The third-order valence-electron chi connectivity index (χ3n) is 4.51. The molecule has 0 saturated heterocycles. The lowest BCUT2D eigenvalue weighted by atomic mass is 10.2. The van der Waals surface area contributed by atoms with Crippen molar-refractivity contribution in [1.82, 2.24) is 0 Å². The Morgan fingerprint density at radius 3 is 2.12 bits per heavy atom. The summed E-state index contributed by atoms with van der Waals surface area (Å²) in [6.07, 6.45) is 0. The largest absolute Gasteiger partial charge is 0.324 e. The topological polar surface area (TPSA) is 110 Å². The van der Waals surface area contributed by atoms with Crippen LogP contribution in [0.1, 0.15) is 5.56 Å². The summed E-state index contributed by atoms with van der Waals surface area (Å²) in [6, 6.07) is 12.3. The van der Waals surface area contributed by atoms with Gasteiger partial charge in [0.2, 0.25) is 5.91 Å². The van der Waals surface area contributed by atoms with E-state index in [0.29, 0.717) is 5.56 Å². The monoisotopic (exact) mass is 461 g/mol. The highest BCUT2D eigenvalue weighted by molar-refractivity contribution is 7.92. The van der Waals surface area contributed by atoms with Crippen molar-refractivity contribution in [1.29, 1.82) is 0 Å². The SMILES string of the molecule is Cc1ccc([N+](=O)[O-])cc1NC(=O)CN(c1ccc(F)cc1)S(=O)(=O)c1ccc(F)cc1. The Balaban J connectivity index is 1.95. The highest BCUT2D eigenvalue weighted by atomic mass is 32.2. The molecule has 0 aliphatic carbocycles. The van der Waals surface area contributed by atoms with E-state index in [-0.39, 0.29) is 22.0 Å². The number of nitrogens with zero attached hydrogens (tertiary/aromatic N) is 2. The first-order valence-corrected chi connectivity index (χ1v) is 10.6. The number of nitro benzene ring substituents is 1. The van der Waals surface area contributed by atoms with Gasteiger partial charge in [-0.25, -0.2) is 17.2 Å². The predicted molar refractivity (Wildman–Crippen MR) is 114 cm³/mol. The van der Waals surface area contributed by atoms with Crippen LogP contribution < -0.4 is 9.62 Å². The third kappa shape index (κ3) is 5.06. The highest BCUT2D eigenvalue weighted by Gasteiger charge is 2.27. The van der Waals surface area contributed by atoms with E-state index in [4.69, 9.17) is 0 Å². The minimum absolute atomic E-state index is 0.00152. The van der Waals surface area contributed by atoms with Gasteiger partial charge in [-0.15, -0.1) is 0 Å². The molecule has 0 aromatic heterocycles. The normalized spacial score (nSPS) is 11.1. The number of nitrogens with one attached hydrogen (secondary N) is 1. The maximum absolute atomic E-state index is 13.4. The van der Waals surface area contributed by atoms with Gasteiger partial charge in [-0.3, -0.25) is 19.2 Å². The first kappa shape index (κ1) is 22.8. The maximum Gasteiger partial charge on any atom is 0.271 e. The van der Waals surface area contributed by atoms with Gasteiger partial charge < -0.3 is 5.32 Å². The molecule has 11 heteroatoms. The fourth-order valence-corrected chi connectivity index (χ4v) is 4.26. The molecule has 0 unspecified atom stereocenters. The van der Waals surface area contributed by atoms with Crippen LogP contribution in [0.15, 0.2) is 71.6 Å². The van der Waals surface area contributed by atoms with E-state index in [1.54, 1.807) is 6.92 Å². The van der Waals surface area contributed by atoms with Crippen molar-refractivity contribution in [3.8, 4) is 0 Å². The summed E-state index contributed by atoms with van der Waals surface area (Å²) in [5.41, 5.74) is 0.419. The second-order valence-electron chi connectivity index (χ2n) is 6.75. The van der Waals surface area contributed by atoms with Crippen LogP contribution in [0.4, 0.5) is 25.8 Å². The number of halogens is 2. The van der Waals surface area contributed by atoms with Crippen molar-refractivity contribution in [2.45, 2.75) is 11.8 Å². The first-order valence-electron chi connectivity index (χ1n) is 9.17. The number of benzene rings is 3.